The normalized spacial score (nSPS) is 14.6. The summed E-state index contributed by atoms with van der Waals surface area (Å²) in [7, 11) is 0. The number of carboxylic acids is 1. The van der Waals surface area contributed by atoms with Crippen LogP contribution in [0.15, 0.2) is 10.2 Å². The first-order valence-corrected chi connectivity index (χ1v) is 5.12. The first-order chi connectivity index (χ1) is 6.48. The van der Waals surface area contributed by atoms with Crippen LogP contribution in [0.3, 0.4) is 0 Å². The number of allylic oxidation sites excluding steroid dienone is 1. The highest BCUT2D eigenvalue weighted by molar-refractivity contribution is 14.1. The Morgan fingerprint density at radius 2 is 2.21 bits per heavy atom. The molecule has 0 radical (unpaired) electrons. The molecule has 0 bridgehead atoms. The second-order valence-corrected chi connectivity index (χ2v) is 3.66. The summed E-state index contributed by atoms with van der Waals surface area (Å²) < 4.78 is 1.63. The molecule has 0 aliphatic heterocycles. The van der Waals surface area contributed by atoms with Gasteiger partial charge in [-0.15, -0.1) is 0 Å². The van der Waals surface area contributed by atoms with Crippen molar-refractivity contribution in [1.82, 2.24) is 0 Å². The summed E-state index contributed by atoms with van der Waals surface area (Å²) in [5, 5.41) is 17.7. The van der Waals surface area contributed by atoms with Crippen molar-refractivity contribution in [1.29, 1.82) is 5.26 Å². The third-order valence-corrected chi connectivity index (χ3v) is 2.24. The summed E-state index contributed by atoms with van der Waals surface area (Å²) in [6.45, 7) is 1.28. The van der Waals surface area contributed by atoms with Crippen molar-refractivity contribution in [3.63, 3.8) is 0 Å². The number of hydrogen-bond acceptors (Lipinski definition) is 3. The average molecular weight is 307 g/mol. The molecule has 0 spiro atoms. The van der Waals surface area contributed by atoms with Crippen LogP contribution in [0.25, 0.3) is 0 Å². The second-order valence-electron chi connectivity index (χ2n) is 2.94. The zero-order valence-corrected chi connectivity index (χ0v) is 9.82. The van der Waals surface area contributed by atoms with Crippen LogP contribution in [-0.4, -0.2) is 16.9 Å². The molecule has 0 saturated heterocycles. The highest BCUT2D eigenvalue weighted by Gasteiger charge is 2.38. The van der Waals surface area contributed by atoms with E-state index in [9.17, 15) is 9.59 Å². The lowest BCUT2D eigenvalue weighted by atomic mass is 9.81. The largest absolute Gasteiger partial charge is 0.480 e. The highest BCUT2D eigenvalue weighted by Crippen LogP contribution is 2.27. The number of ketones is 1. The lowest BCUT2D eigenvalue weighted by molar-refractivity contribution is -0.147. The number of carbonyl (C=O) groups excluding carboxylic acids is 1. The molecule has 0 aromatic heterocycles. The zero-order valence-electron chi connectivity index (χ0n) is 7.66. The Labute approximate surface area is 95.7 Å². The molecule has 5 heteroatoms. The van der Waals surface area contributed by atoms with Crippen LogP contribution in [0.2, 0.25) is 0 Å². The van der Waals surface area contributed by atoms with Gasteiger partial charge in [-0.1, -0.05) is 28.7 Å². The van der Waals surface area contributed by atoms with Crippen molar-refractivity contribution < 1.29 is 14.7 Å². The minimum Gasteiger partial charge on any atom is -0.480 e. The van der Waals surface area contributed by atoms with Crippen molar-refractivity contribution in [2.24, 2.45) is 5.41 Å². The van der Waals surface area contributed by atoms with Crippen LogP contribution in [0.5, 0.6) is 0 Å². The Kier molecular flexibility index (Phi) is 5.38. The number of carboxylic acid groups (broad SMARTS) is 1. The van der Waals surface area contributed by atoms with Crippen LogP contribution >= 0.6 is 22.6 Å². The molecular formula is C9H10INO3. The van der Waals surface area contributed by atoms with E-state index in [1.807, 2.05) is 22.6 Å². The number of carbonyl (C=O) groups is 2. The Morgan fingerprint density at radius 1 is 1.64 bits per heavy atom. The van der Waals surface area contributed by atoms with Gasteiger partial charge in [-0.3, -0.25) is 9.59 Å². The number of halogens is 1. The third kappa shape index (κ3) is 3.46. The van der Waals surface area contributed by atoms with Gasteiger partial charge in [-0.25, -0.2) is 0 Å². The number of nitriles is 1. The predicted molar refractivity (Wildman–Crippen MR) is 58.8 cm³/mol. The molecular weight excluding hydrogens is 297 g/mol. The van der Waals surface area contributed by atoms with Crippen molar-refractivity contribution in [3.05, 3.63) is 10.2 Å². The number of hydrogen-bond donors (Lipinski definition) is 1. The van der Waals surface area contributed by atoms with Gasteiger partial charge >= 0.3 is 5.97 Å². The summed E-state index contributed by atoms with van der Waals surface area (Å²) in [5.41, 5.74) is -1.60. The van der Waals surface area contributed by atoms with Crippen LogP contribution in [-0.2, 0) is 9.59 Å². The van der Waals surface area contributed by atoms with Gasteiger partial charge in [0.05, 0.1) is 6.07 Å². The Bertz CT molecular complexity index is 306. The monoisotopic (exact) mass is 307 g/mol. The van der Waals surface area contributed by atoms with Crippen molar-refractivity contribution in [2.75, 3.05) is 0 Å². The fourth-order valence-electron chi connectivity index (χ4n) is 1.04. The lowest BCUT2D eigenvalue weighted by Crippen LogP contribution is -2.31. The SMILES string of the molecule is CC(=O)C[C@](C#N)(C/C=C/I)C(=O)O. The van der Waals surface area contributed by atoms with Gasteiger partial charge in [0, 0.05) is 6.42 Å². The Hall–Kier alpha value is -0.900. The van der Waals surface area contributed by atoms with E-state index in [-0.39, 0.29) is 18.6 Å². The molecule has 1 atom stereocenters. The van der Waals surface area contributed by atoms with Gasteiger partial charge in [0.25, 0.3) is 0 Å². The van der Waals surface area contributed by atoms with Crippen LogP contribution in [0.1, 0.15) is 19.8 Å². The van der Waals surface area contributed by atoms with Gasteiger partial charge in [0.15, 0.2) is 5.41 Å². The third-order valence-electron chi connectivity index (χ3n) is 1.73. The van der Waals surface area contributed by atoms with Crippen molar-refractivity contribution in [3.8, 4) is 6.07 Å². The Balaban J connectivity index is 4.90. The van der Waals surface area contributed by atoms with E-state index in [2.05, 4.69) is 0 Å². The average Bonchev–Trinajstić information content (AvgIpc) is 2.11. The van der Waals surface area contributed by atoms with E-state index in [0.717, 1.165) is 0 Å². The Morgan fingerprint density at radius 3 is 2.50 bits per heavy atom. The molecule has 0 aromatic rings. The molecule has 0 rings (SSSR count). The summed E-state index contributed by atoms with van der Waals surface area (Å²) in [6.07, 6.45) is 1.38. The smallest absolute Gasteiger partial charge is 0.324 e. The summed E-state index contributed by atoms with van der Waals surface area (Å²) in [6, 6.07) is 1.71. The van der Waals surface area contributed by atoms with Gasteiger partial charge in [0.1, 0.15) is 5.78 Å². The molecule has 0 fully saturated rings. The number of rotatable bonds is 5. The molecule has 4 nitrogen and oxygen atoms in total. The van der Waals surface area contributed by atoms with Gasteiger partial charge in [0.2, 0.25) is 0 Å². The maximum absolute atomic E-state index is 10.9. The topological polar surface area (TPSA) is 78.2 Å². The predicted octanol–water partition coefficient (Wildman–Crippen LogP) is 1.90. The zero-order chi connectivity index (χ0) is 11.2. The quantitative estimate of drug-likeness (QED) is 0.787. The van der Waals surface area contributed by atoms with Crippen molar-refractivity contribution in [2.45, 2.75) is 19.8 Å². The van der Waals surface area contributed by atoms with E-state index in [1.165, 1.54) is 6.92 Å². The van der Waals surface area contributed by atoms with Gasteiger partial charge in [-0.2, -0.15) is 5.26 Å². The fraction of sp³-hybridized carbons (Fsp3) is 0.444. The lowest BCUT2D eigenvalue weighted by Gasteiger charge is -2.17. The maximum atomic E-state index is 10.9. The van der Waals surface area contributed by atoms with Crippen LogP contribution in [0, 0.1) is 16.7 Å². The fourth-order valence-corrected chi connectivity index (χ4v) is 1.29. The number of aliphatic carboxylic acids is 1. The van der Waals surface area contributed by atoms with E-state index >= 15 is 0 Å². The van der Waals surface area contributed by atoms with Crippen LogP contribution < -0.4 is 0 Å². The molecule has 0 saturated carbocycles. The van der Waals surface area contributed by atoms with E-state index in [4.69, 9.17) is 10.4 Å². The molecule has 1 N–H and O–H groups in total. The van der Waals surface area contributed by atoms with Crippen LogP contribution in [0.4, 0.5) is 0 Å². The van der Waals surface area contributed by atoms with E-state index < -0.39 is 11.4 Å². The molecule has 0 aliphatic rings. The standard InChI is InChI=1S/C9H10INO3/c1-7(12)5-9(6-11,8(13)14)3-2-4-10/h2,4H,3,5H2,1H3,(H,13,14)/b4-2+/t9-/m0/s1. The highest BCUT2D eigenvalue weighted by atomic mass is 127. The first-order valence-electron chi connectivity index (χ1n) is 3.88. The molecule has 0 heterocycles. The number of Topliss-reactive ketones (excluding diaryl/α,β-unsaturated/α-hetero) is 1. The van der Waals surface area contributed by atoms with Gasteiger partial charge < -0.3 is 5.11 Å². The molecule has 0 aliphatic carbocycles. The summed E-state index contributed by atoms with van der Waals surface area (Å²) in [5.74, 6) is -1.54. The minimum atomic E-state index is -1.60. The maximum Gasteiger partial charge on any atom is 0.324 e. The van der Waals surface area contributed by atoms with E-state index in [0.29, 0.717) is 0 Å². The first kappa shape index (κ1) is 13.1. The minimum absolute atomic E-state index is 0.0569. The molecule has 0 aromatic carbocycles. The molecule has 0 unspecified atom stereocenters. The summed E-state index contributed by atoms with van der Waals surface area (Å²) >= 11 is 1.93. The van der Waals surface area contributed by atoms with E-state index in [1.54, 1.807) is 16.2 Å². The van der Waals surface area contributed by atoms with Crippen molar-refractivity contribution >= 4 is 34.3 Å². The number of nitrogens with zero attached hydrogens (tertiary/aromatic N) is 1. The molecule has 76 valence electrons. The summed E-state index contributed by atoms with van der Waals surface area (Å²) in [4.78, 5) is 21.7. The van der Waals surface area contributed by atoms with Gasteiger partial charge in [-0.05, 0) is 17.4 Å². The molecule has 0 amide bonds. The second kappa shape index (κ2) is 5.75. The molecule has 14 heavy (non-hydrogen) atoms.